The van der Waals surface area contributed by atoms with Crippen LogP contribution < -0.4 is 0 Å². The van der Waals surface area contributed by atoms with E-state index in [-0.39, 0.29) is 5.69 Å². The van der Waals surface area contributed by atoms with Crippen LogP contribution in [0.1, 0.15) is 45.7 Å². The SMILES string of the molecule is CC1(C)OB(C(F)=CCC(c2ccon2)C(F)(F)F)OC1(C)C. The molecule has 1 fully saturated rings. The predicted octanol–water partition coefficient (Wildman–Crippen LogP) is 4.20. The van der Waals surface area contributed by atoms with E-state index in [1.54, 1.807) is 27.7 Å². The quantitative estimate of drug-likeness (QED) is 0.611. The van der Waals surface area contributed by atoms with Crippen molar-refractivity contribution in [3.63, 3.8) is 0 Å². The molecule has 1 unspecified atom stereocenters. The predicted molar refractivity (Wildman–Crippen MR) is 75.2 cm³/mol. The van der Waals surface area contributed by atoms with Crippen LogP contribution in [0.3, 0.4) is 0 Å². The standard InChI is InChI=1S/C14H18BF4NO3/c1-12(2)13(3,4)23-15(22-12)11(16)6-5-9(14(17,18)19)10-7-8-21-20-10/h6-9H,5H2,1-4H3. The van der Waals surface area contributed by atoms with Crippen LogP contribution in [0.15, 0.2) is 28.7 Å². The number of hydrogen-bond acceptors (Lipinski definition) is 4. The summed E-state index contributed by atoms with van der Waals surface area (Å²) in [6, 6.07) is 1.11. The van der Waals surface area contributed by atoms with E-state index in [0.717, 1.165) is 18.4 Å². The fourth-order valence-corrected chi connectivity index (χ4v) is 2.11. The summed E-state index contributed by atoms with van der Waals surface area (Å²) in [7, 11) is -1.31. The Morgan fingerprint density at radius 1 is 1.26 bits per heavy atom. The van der Waals surface area contributed by atoms with Crippen LogP contribution in [-0.2, 0) is 9.31 Å². The lowest BCUT2D eigenvalue weighted by atomic mass is 9.86. The third-order valence-electron chi connectivity index (χ3n) is 4.24. The van der Waals surface area contributed by atoms with Gasteiger partial charge in [-0.05, 0) is 34.1 Å². The average Bonchev–Trinajstić information content (AvgIpc) is 2.95. The van der Waals surface area contributed by atoms with Crippen molar-refractivity contribution >= 4 is 7.12 Å². The lowest BCUT2D eigenvalue weighted by molar-refractivity contribution is -0.150. The molecule has 0 radical (unpaired) electrons. The molecule has 1 aliphatic heterocycles. The Morgan fingerprint density at radius 2 is 1.83 bits per heavy atom. The maximum atomic E-state index is 14.2. The minimum absolute atomic E-state index is 0.296. The average molecular weight is 335 g/mol. The van der Waals surface area contributed by atoms with E-state index in [9.17, 15) is 17.6 Å². The normalized spacial score (nSPS) is 22.4. The molecule has 1 aliphatic rings. The lowest BCUT2D eigenvalue weighted by Gasteiger charge is -2.32. The van der Waals surface area contributed by atoms with Gasteiger partial charge in [-0.15, -0.1) is 0 Å². The third-order valence-corrected chi connectivity index (χ3v) is 4.24. The van der Waals surface area contributed by atoms with E-state index in [0.29, 0.717) is 0 Å². The largest absolute Gasteiger partial charge is 0.524 e. The van der Waals surface area contributed by atoms with Crippen LogP contribution in [0.25, 0.3) is 0 Å². The van der Waals surface area contributed by atoms with Crippen LogP contribution in [0.4, 0.5) is 17.6 Å². The van der Waals surface area contributed by atoms with Crippen LogP contribution in [0.2, 0.25) is 0 Å². The minimum atomic E-state index is -4.57. The molecule has 23 heavy (non-hydrogen) atoms. The van der Waals surface area contributed by atoms with Crippen LogP contribution in [0.5, 0.6) is 0 Å². The molecule has 0 amide bonds. The first-order valence-corrected chi connectivity index (χ1v) is 7.12. The molecule has 2 heterocycles. The molecule has 128 valence electrons. The number of halogens is 4. The van der Waals surface area contributed by atoms with Gasteiger partial charge in [-0.25, -0.2) is 4.39 Å². The number of nitrogens with zero attached hydrogens (tertiary/aromatic N) is 1. The van der Waals surface area contributed by atoms with E-state index in [1.807, 2.05) is 0 Å². The summed E-state index contributed by atoms with van der Waals surface area (Å²) < 4.78 is 68.7. The first kappa shape index (κ1) is 18.0. The van der Waals surface area contributed by atoms with Gasteiger partial charge in [0.25, 0.3) is 0 Å². The molecule has 1 aromatic heterocycles. The van der Waals surface area contributed by atoms with Gasteiger partial charge in [-0.2, -0.15) is 13.2 Å². The van der Waals surface area contributed by atoms with Gasteiger partial charge in [0, 0.05) is 6.07 Å². The minimum Gasteiger partial charge on any atom is -0.398 e. The molecule has 0 bridgehead atoms. The molecule has 1 saturated heterocycles. The Hall–Kier alpha value is -1.35. The number of rotatable bonds is 4. The molecule has 4 nitrogen and oxygen atoms in total. The van der Waals surface area contributed by atoms with Gasteiger partial charge in [-0.3, -0.25) is 0 Å². The van der Waals surface area contributed by atoms with E-state index in [2.05, 4.69) is 9.68 Å². The summed E-state index contributed by atoms with van der Waals surface area (Å²) in [5.41, 5.74) is -2.71. The Balaban J connectivity index is 2.12. The zero-order chi connectivity index (χ0) is 17.5. The van der Waals surface area contributed by atoms with E-state index >= 15 is 0 Å². The maximum absolute atomic E-state index is 14.2. The van der Waals surface area contributed by atoms with Gasteiger partial charge in [0.1, 0.15) is 17.9 Å². The smallest absolute Gasteiger partial charge is 0.398 e. The second-order valence-corrected chi connectivity index (χ2v) is 6.43. The zero-order valence-corrected chi connectivity index (χ0v) is 13.3. The van der Waals surface area contributed by atoms with Crippen LogP contribution >= 0.6 is 0 Å². The highest BCUT2D eigenvalue weighted by Crippen LogP contribution is 2.40. The van der Waals surface area contributed by atoms with Crippen molar-refractivity contribution in [1.82, 2.24) is 5.16 Å². The van der Waals surface area contributed by atoms with Crippen molar-refractivity contribution in [2.24, 2.45) is 0 Å². The fourth-order valence-electron chi connectivity index (χ4n) is 2.11. The summed E-state index contributed by atoms with van der Waals surface area (Å²) in [5.74, 6) is -1.95. The van der Waals surface area contributed by atoms with E-state index in [4.69, 9.17) is 9.31 Å². The van der Waals surface area contributed by atoms with Gasteiger partial charge in [-0.1, -0.05) is 11.2 Å². The molecule has 2 rings (SSSR count). The van der Waals surface area contributed by atoms with Crippen molar-refractivity contribution in [2.75, 3.05) is 0 Å². The molecule has 0 aliphatic carbocycles. The highest BCUT2D eigenvalue weighted by atomic mass is 19.4. The maximum Gasteiger partial charge on any atom is 0.524 e. The summed E-state index contributed by atoms with van der Waals surface area (Å²) in [5, 5.41) is 3.30. The fraction of sp³-hybridized carbons (Fsp3) is 0.643. The summed E-state index contributed by atoms with van der Waals surface area (Å²) in [6.45, 7) is 6.92. The van der Waals surface area contributed by atoms with Crippen molar-refractivity contribution < 1.29 is 31.4 Å². The van der Waals surface area contributed by atoms with Gasteiger partial charge in [0.2, 0.25) is 0 Å². The summed E-state index contributed by atoms with van der Waals surface area (Å²) in [6.07, 6.45) is -3.31. The van der Waals surface area contributed by atoms with Gasteiger partial charge in [0.15, 0.2) is 0 Å². The molecule has 0 spiro atoms. The zero-order valence-electron chi connectivity index (χ0n) is 13.3. The highest BCUT2D eigenvalue weighted by molar-refractivity contribution is 6.53. The topological polar surface area (TPSA) is 44.5 Å². The lowest BCUT2D eigenvalue weighted by Crippen LogP contribution is -2.41. The molecule has 0 saturated carbocycles. The molecule has 0 N–H and O–H groups in total. The third kappa shape index (κ3) is 3.77. The molecular formula is C14H18BF4NO3. The van der Waals surface area contributed by atoms with Gasteiger partial charge in [0.05, 0.1) is 16.9 Å². The number of allylic oxidation sites excluding steroid dienone is 1. The van der Waals surface area contributed by atoms with Crippen molar-refractivity contribution in [3.05, 3.63) is 29.8 Å². The second-order valence-electron chi connectivity index (χ2n) is 6.43. The monoisotopic (exact) mass is 335 g/mol. The summed E-state index contributed by atoms with van der Waals surface area (Å²) >= 11 is 0. The van der Waals surface area contributed by atoms with Crippen molar-refractivity contribution in [1.29, 1.82) is 0 Å². The highest BCUT2D eigenvalue weighted by Gasteiger charge is 2.53. The Labute approximate surface area is 131 Å². The van der Waals surface area contributed by atoms with Crippen LogP contribution in [0, 0.1) is 0 Å². The number of alkyl halides is 3. The number of hydrogen-bond donors (Lipinski definition) is 0. The molecule has 9 heteroatoms. The second kappa shape index (κ2) is 5.94. The molecule has 1 atom stereocenters. The van der Waals surface area contributed by atoms with Crippen molar-refractivity contribution in [3.8, 4) is 0 Å². The Kier molecular flexibility index (Phi) is 4.65. The van der Waals surface area contributed by atoms with E-state index < -0.39 is 42.6 Å². The Morgan fingerprint density at radius 3 is 2.26 bits per heavy atom. The Bertz CT molecular complexity index is 553. The summed E-state index contributed by atoms with van der Waals surface area (Å²) in [4.78, 5) is 0. The first-order chi connectivity index (χ1) is 10.4. The van der Waals surface area contributed by atoms with Gasteiger partial charge < -0.3 is 13.8 Å². The molecular weight excluding hydrogens is 317 g/mol. The van der Waals surface area contributed by atoms with Gasteiger partial charge >= 0.3 is 13.3 Å². The van der Waals surface area contributed by atoms with Crippen molar-refractivity contribution in [2.45, 2.75) is 57.4 Å². The molecule has 0 aromatic carbocycles. The van der Waals surface area contributed by atoms with Crippen LogP contribution in [-0.4, -0.2) is 29.7 Å². The molecule has 1 aromatic rings. The number of aromatic nitrogens is 1. The first-order valence-electron chi connectivity index (χ1n) is 7.12. The van der Waals surface area contributed by atoms with E-state index in [1.165, 1.54) is 0 Å².